The molecule has 0 saturated carbocycles. The van der Waals surface area contributed by atoms with Crippen LogP contribution in [0.5, 0.6) is 0 Å². The number of benzene rings is 1. The maximum Gasteiger partial charge on any atom is 0.277 e. The fourth-order valence-corrected chi connectivity index (χ4v) is 2.52. The van der Waals surface area contributed by atoms with Crippen molar-refractivity contribution in [3.05, 3.63) is 34.4 Å². The molecule has 0 aliphatic rings. The molecule has 116 valence electrons. The molecule has 0 saturated heterocycles. The molecule has 0 aliphatic carbocycles. The lowest BCUT2D eigenvalue weighted by atomic mass is 10.2. The first kappa shape index (κ1) is 16.0. The van der Waals surface area contributed by atoms with Gasteiger partial charge in [-0.05, 0) is 13.0 Å². The van der Waals surface area contributed by atoms with E-state index in [4.69, 9.17) is 4.42 Å². The summed E-state index contributed by atoms with van der Waals surface area (Å²) in [6, 6.07) is 5.93. The molecule has 1 heterocycles. The van der Waals surface area contributed by atoms with E-state index in [1.165, 1.54) is 17.0 Å². The molecule has 1 amide bonds. The molecule has 0 unspecified atom stereocenters. The van der Waals surface area contributed by atoms with Crippen LogP contribution in [0.15, 0.2) is 33.9 Å². The van der Waals surface area contributed by atoms with E-state index < -0.39 is 4.92 Å². The van der Waals surface area contributed by atoms with E-state index in [2.05, 4.69) is 10.2 Å². The van der Waals surface area contributed by atoms with Crippen molar-refractivity contribution in [3.8, 4) is 11.5 Å². The highest BCUT2D eigenvalue weighted by Gasteiger charge is 2.20. The van der Waals surface area contributed by atoms with Crippen molar-refractivity contribution in [2.75, 3.05) is 14.1 Å². The molecule has 2 rings (SSSR count). The number of nitro groups is 1. The van der Waals surface area contributed by atoms with Crippen LogP contribution in [-0.2, 0) is 4.79 Å². The van der Waals surface area contributed by atoms with Crippen molar-refractivity contribution in [2.45, 2.75) is 17.4 Å². The predicted octanol–water partition coefficient (Wildman–Crippen LogP) is 2.21. The third-order valence-corrected chi connectivity index (χ3v) is 3.70. The number of carbonyl (C=O) groups is 1. The van der Waals surface area contributed by atoms with E-state index in [-0.39, 0.29) is 28.0 Å². The quantitative estimate of drug-likeness (QED) is 0.472. The second-order valence-electron chi connectivity index (χ2n) is 4.67. The first-order chi connectivity index (χ1) is 10.4. The van der Waals surface area contributed by atoms with Crippen molar-refractivity contribution in [2.24, 2.45) is 0 Å². The van der Waals surface area contributed by atoms with E-state index in [9.17, 15) is 14.9 Å². The molecule has 2 aromatic rings. The van der Waals surface area contributed by atoms with Crippen LogP contribution in [0.1, 0.15) is 6.92 Å². The summed E-state index contributed by atoms with van der Waals surface area (Å²) in [7, 11) is 3.34. The highest BCUT2D eigenvalue weighted by molar-refractivity contribution is 8.00. The molecule has 0 spiro atoms. The highest BCUT2D eigenvalue weighted by atomic mass is 32.2. The zero-order valence-electron chi connectivity index (χ0n) is 12.2. The average molecular weight is 322 g/mol. The van der Waals surface area contributed by atoms with Gasteiger partial charge in [-0.1, -0.05) is 17.8 Å². The monoisotopic (exact) mass is 322 g/mol. The predicted molar refractivity (Wildman–Crippen MR) is 80.4 cm³/mol. The van der Waals surface area contributed by atoms with Crippen LogP contribution >= 0.6 is 11.8 Å². The average Bonchev–Trinajstić information content (AvgIpc) is 2.94. The molecule has 1 aromatic carbocycles. The van der Waals surface area contributed by atoms with Gasteiger partial charge in [0.05, 0.1) is 10.2 Å². The normalized spacial score (nSPS) is 12.0. The maximum atomic E-state index is 11.8. The number of nitro benzene ring substituents is 1. The van der Waals surface area contributed by atoms with Gasteiger partial charge in [-0.15, -0.1) is 10.2 Å². The van der Waals surface area contributed by atoms with Gasteiger partial charge in [0.2, 0.25) is 11.8 Å². The minimum Gasteiger partial charge on any atom is -0.411 e. The summed E-state index contributed by atoms with van der Waals surface area (Å²) in [5, 5.41) is 18.4. The molecule has 1 aromatic heterocycles. The number of hydrogen-bond acceptors (Lipinski definition) is 7. The number of rotatable bonds is 5. The number of nitrogens with zero attached hydrogens (tertiary/aromatic N) is 4. The summed E-state index contributed by atoms with van der Waals surface area (Å²) in [5.74, 6) is 0.107. The fourth-order valence-electron chi connectivity index (χ4n) is 1.69. The summed E-state index contributed by atoms with van der Waals surface area (Å²) in [6.07, 6.45) is 0. The maximum absolute atomic E-state index is 11.8. The molecule has 0 N–H and O–H groups in total. The van der Waals surface area contributed by atoms with Crippen LogP contribution in [0.4, 0.5) is 5.69 Å². The largest absolute Gasteiger partial charge is 0.411 e. The first-order valence-corrected chi connectivity index (χ1v) is 7.22. The van der Waals surface area contributed by atoms with Crippen LogP contribution in [0.25, 0.3) is 11.5 Å². The Morgan fingerprint density at radius 1 is 1.41 bits per heavy atom. The van der Waals surface area contributed by atoms with E-state index in [0.29, 0.717) is 5.56 Å². The topological polar surface area (TPSA) is 102 Å². The summed E-state index contributed by atoms with van der Waals surface area (Å²) in [6.45, 7) is 1.74. The molecular weight excluding hydrogens is 308 g/mol. The minimum atomic E-state index is -0.493. The van der Waals surface area contributed by atoms with E-state index in [1.54, 1.807) is 33.2 Å². The van der Waals surface area contributed by atoms with Gasteiger partial charge in [0.25, 0.3) is 10.9 Å². The first-order valence-electron chi connectivity index (χ1n) is 6.34. The zero-order chi connectivity index (χ0) is 16.3. The SMILES string of the molecule is C[C@@H](Sc1nnc(-c2cccc([N+](=O)[O-])c2)o1)C(=O)N(C)C. The van der Waals surface area contributed by atoms with Gasteiger partial charge < -0.3 is 9.32 Å². The lowest BCUT2D eigenvalue weighted by Gasteiger charge is -2.14. The molecule has 0 radical (unpaired) electrons. The molecule has 9 heteroatoms. The molecular formula is C13H14N4O4S. The number of amides is 1. The Kier molecular flexibility index (Phi) is 4.76. The third kappa shape index (κ3) is 3.61. The van der Waals surface area contributed by atoms with Gasteiger partial charge in [0, 0.05) is 31.8 Å². The van der Waals surface area contributed by atoms with Crippen LogP contribution in [0, 0.1) is 10.1 Å². The number of aromatic nitrogens is 2. The van der Waals surface area contributed by atoms with Gasteiger partial charge in [-0.2, -0.15) is 0 Å². The second kappa shape index (κ2) is 6.56. The molecule has 1 atom stereocenters. The highest BCUT2D eigenvalue weighted by Crippen LogP contribution is 2.28. The van der Waals surface area contributed by atoms with Gasteiger partial charge in [-0.25, -0.2) is 0 Å². The zero-order valence-corrected chi connectivity index (χ0v) is 13.0. The van der Waals surface area contributed by atoms with E-state index >= 15 is 0 Å². The number of hydrogen-bond donors (Lipinski definition) is 0. The molecule has 8 nitrogen and oxygen atoms in total. The summed E-state index contributed by atoms with van der Waals surface area (Å²) in [4.78, 5) is 23.5. The standard InChI is InChI=1S/C13H14N4O4S/c1-8(12(18)16(2)3)22-13-15-14-11(21-13)9-5-4-6-10(7-9)17(19)20/h4-8H,1-3H3/t8-/m1/s1. The smallest absolute Gasteiger partial charge is 0.277 e. The van der Waals surface area contributed by atoms with Crippen molar-refractivity contribution in [1.82, 2.24) is 15.1 Å². The number of non-ortho nitro benzene ring substituents is 1. The van der Waals surface area contributed by atoms with Gasteiger partial charge >= 0.3 is 0 Å². The van der Waals surface area contributed by atoms with Crippen molar-refractivity contribution < 1.29 is 14.1 Å². The van der Waals surface area contributed by atoms with Gasteiger partial charge in [-0.3, -0.25) is 14.9 Å². The van der Waals surface area contributed by atoms with Crippen LogP contribution in [0.3, 0.4) is 0 Å². The lowest BCUT2D eigenvalue weighted by molar-refractivity contribution is -0.384. The third-order valence-electron chi connectivity index (χ3n) is 2.78. The Morgan fingerprint density at radius 2 is 2.14 bits per heavy atom. The Bertz CT molecular complexity index is 701. The Morgan fingerprint density at radius 3 is 2.77 bits per heavy atom. The van der Waals surface area contributed by atoms with E-state index in [1.807, 2.05) is 0 Å². The summed E-state index contributed by atoms with van der Waals surface area (Å²) >= 11 is 1.14. The Balaban J connectivity index is 2.16. The van der Waals surface area contributed by atoms with Crippen LogP contribution < -0.4 is 0 Å². The lowest BCUT2D eigenvalue weighted by Crippen LogP contribution is -2.29. The van der Waals surface area contributed by atoms with Crippen molar-refractivity contribution >= 4 is 23.4 Å². The van der Waals surface area contributed by atoms with E-state index in [0.717, 1.165) is 11.8 Å². The van der Waals surface area contributed by atoms with Crippen molar-refractivity contribution in [3.63, 3.8) is 0 Å². The Hall–Kier alpha value is -2.42. The molecule has 0 aliphatic heterocycles. The molecule has 0 fully saturated rings. The summed E-state index contributed by atoms with van der Waals surface area (Å²) < 4.78 is 5.45. The second-order valence-corrected chi connectivity index (χ2v) is 5.97. The number of thioether (sulfide) groups is 1. The fraction of sp³-hybridized carbons (Fsp3) is 0.308. The molecule has 22 heavy (non-hydrogen) atoms. The van der Waals surface area contributed by atoms with Gasteiger partial charge in [0.1, 0.15) is 0 Å². The Labute approximate surface area is 130 Å². The van der Waals surface area contributed by atoms with Crippen molar-refractivity contribution in [1.29, 1.82) is 0 Å². The van der Waals surface area contributed by atoms with Crippen LogP contribution in [-0.4, -0.2) is 45.3 Å². The van der Waals surface area contributed by atoms with Gasteiger partial charge in [0.15, 0.2) is 0 Å². The van der Waals surface area contributed by atoms with Crippen LogP contribution in [0.2, 0.25) is 0 Å². The summed E-state index contributed by atoms with van der Waals surface area (Å²) in [5.41, 5.74) is 0.404. The minimum absolute atomic E-state index is 0.0546. The molecule has 0 bridgehead atoms. The number of carbonyl (C=O) groups excluding carboxylic acids is 1.